The highest BCUT2D eigenvalue weighted by atomic mass is 32.1. The molecule has 2 nitrogen and oxygen atoms in total. The number of hydrogen-bond donors (Lipinski definition) is 1. The Labute approximate surface area is 75.7 Å². The van der Waals surface area contributed by atoms with Gasteiger partial charge >= 0.3 is 0 Å². The number of thiophene rings is 1. The fraction of sp³-hybridized carbons (Fsp3) is 0.222. The van der Waals surface area contributed by atoms with Gasteiger partial charge in [-0.15, -0.1) is 11.3 Å². The first-order valence-electron chi connectivity index (χ1n) is 3.70. The highest BCUT2D eigenvalue weighted by molar-refractivity contribution is 7.14. The largest absolute Gasteiger partial charge is 0.327 e. The summed E-state index contributed by atoms with van der Waals surface area (Å²) in [6.45, 7) is 2.52. The zero-order valence-corrected chi connectivity index (χ0v) is 7.73. The predicted molar refractivity (Wildman–Crippen MR) is 52.5 cm³/mol. The third kappa shape index (κ3) is 2.03. The zero-order chi connectivity index (χ0) is 8.97. The van der Waals surface area contributed by atoms with Crippen molar-refractivity contribution in [3.63, 3.8) is 0 Å². The molecule has 0 bridgehead atoms. The summed E-state index contributed by atoms with van der Waals surface area (Å²) in [7, 11) is 0. The topological polar surface area (TPSA) is 43.1 Å². The molecule has 1 aromatic rings. The molecule has 0 aromatic carbocycles. The lowest BCUT2D eigenvalue weighted by Crippen LogP contribution is -1.91. The molecular weight excluding hydrogens is 170 g/mol. The summed E-state index contributed by atoms with van der Waals surface area (Å²) in [6, 6.07) is 1.88. The van der Waals surface area contributed by atoms with Crippen LogP contribution in [0.4, 0.5) is 0 Å². The normalized spacial score (nSPS) is 10.8. The number of aryl methyl sites for hydroxylation is 1. The molecule has 1 heterocycles. The smallest absolute Gasteiger partial charge is 0.160 e. The van der Waals surface area contributed by atoms with Crippen molar-refractivity contribution in [1.82, 2.24) is 0 Å². The first-order chi connectivity index (χ1) is 5.77. The fourth-order valence-corrected chi connectivity index (χ4v) is 1.84. The molecule has 2 N–H and O–H groups in total. The van der Waals surface area contributed by atoms with Crippen LogP contribution in [-0.4, -0.2) is 12.8 Å². The van der Waals surface area contributed by atoms with Gasteiger partial charge in [0, 0.05) is 11.4 Å². The van der Waals surface area contributed by atoms with Crippen LogP contribution in [0.5, 0.6) is 0 Å². The minimum absolute atomic E-state index is 0.535. The van der Waals surface area contributed by atoms with Gasteiger partial charge in [0.2, 0.25) is 0 Å². The van der Waals surface area contributed by atoms with Crippen molar-refractivity contribution in [2.45, 2.75) is 6.92 Å². The zero-order valence-electron chi connectivity index (χ0n) is 6.91. The van der Waals surface area contributed by atoms with Gasteiger partial charge in [-0.3, -0.25) is 4.79 Å². The van der Waals surface area contributed by atoms with Crippen LogP contribution < -0.4 is 5.73 Å². The lowest BCUT2D eigenvalue weighted by molar-refractivity contribution is 0.112. The Hall–Kier alpha value is -0.930. The lowest BCUT2D eigenvalue weighted by atomic mass is 10.2. The number of aldehydes is 1. The molecule has 64 valence electrons. The Bertz CT molecular complexity index is 301. The van der Waals surface area contributed by atoms with E-state index in [4.69, 9.17) is 5.73 Å². The standard InChI is InChI=1S/C9H11NOS/c1-7-5-8(6-11)12-9(7)3-2-4-10/h2-3,5-6H,4,10H2,1H3. The Balaban J connectivity index is 2.91. The molecule has 0 spiro atoms. The minimum Gasteiger partial charge on any atom is -0.327 e. The predicted octanol–water partition coefficient (Wildman–Crippen LogP) is 1.84. The molecule has 0 saturated heterocycles. The van der Waals surface area contributed by atoms with E-state index in [-0.39, 0.29) is 0 Å². The molecule has 1 aromatic heterocycles. The summed E-state index contributed by atoms with van der Waals surface area (Å²) in [5, 5.41) is 0. The van der Waals surface area contributed by atoms with E-state index in [0.29, 0.717) is 6.54 Å². The molecule has 0 aliphatic heterocycles. The van der Waals surface area contributed by atoms with Crippen molar-refractivity contribution in [1.29, 1.82) is 0 Å². The second-order valence-corrected chi connectivity index (χ2v) is 3.57. The van der Waals surface area contributed by atoms with Crippen LogP contribution >= 0.6 is 11.3 Å². The Kier molecular flexibility index (Phi) is 3.19. The minimum atomic E-state index is 0.535. The quantitative estimate of drug-likeness (QED) is 0.723. The van der Waals surface area contributed by atoms with Gasteiger partial charge in [0.05, 0.1) is 4.88 Å². The molecule has 12 heavy (non-hydrogen) atoms. The molecule has 0 fully saturated rings. The van der Waals surface area contributed by atoms with Gasteiger partial charge in [-0.05, 0) is 24.6 Å². The molecular formula is C9H11NOS. The van der Waals surface area contributed by atoms with Crippen molar-refractivity contribution < 1.29 is 4.79 Å². The van der Waals surface area contributed by atoms with Gasteiger partial charge < -0.3 is 5.73 Å². The average Bonchev–Trinajstić information content (AvgIpc) is 2.43. The maximum Gasteiger partial charge on any atom is 0.160 e. The number of hydrogen-bond acceptors (Lipinski definition) is 3. The van der Waals surface area contributed by atoms with E-state index in [0.717, 1.165) is 21.6 Å². The van der Waals surface area contributed by atoms with Crippen molar-refractivity contribution >= 4 is 23.7 Å². The van der Waals surface area contributed by atoms with Crippen LogP contribution in [0.25, 0.3) is 6.08 Å². The van der Waals surface area contributed by atoms with E-state index in [1.807, 2.05) is 25.1 Å². The monoisotopic (exact) mass is 181 g/mol. The molecule has 0 atom stereocenters. The van der Waals surface area contributed by atoms with Crippen molar-refractivity contribution in [3.8, 4) is 0 Å². The summed E-state index contributed by atoms with van der Waals surface area (Å²) >= 11 is 1.49. The second-order valence-electron chi connectivity index (χ2n) is 2.45. The van der Waals surface area contributed by atoms with Crippen LogP contribution in [0, 0.1) is 6.92 Å². The Morgan fingerprint density at radius 3 is 2.92 bits per heavy atom. The number of nitrogens with two attached hydrogens (primary N) is 1. The van der Waals surface area contributed by atoms with E-state index < -0.39 is 0 Å². The van der Waals surface area contributed by atoms with E-state index in [1.165, 1.54) is 11.3 Å². The van der Waals surface area contributed by atoms with Crippen LogP contribution in [0.15, 0.2) is 12.1 Å². The number of carbonyl (C=O) groups excluding carboxylic acids is 1. The van der Waals surface area contributed by atoms with Gasteiger partial charge in [-0.25, -0.2) is 0 Å². The second kappa shape index (κ2) is 4.18. The van der Waals surface area contributed by atoms with Crippen LogP contribution in [-0.2, 0) is 0 Å². The molecule has 0 amide bonds. The van der Waals surface area contributed by atoms with E-state index in [2.05, 4.69) is 0 Å². The Morgan fingerprint density at radius 1 is 1.67 bits per heavy atom. The first-order valence-corrected chi connectivity index (χ1v) is 4.51. The molecule has 0 unspecified atom stereocenters. The molecule has 0 aliphatic rings. The van der Waals surface area contributed by atoms with Crippen molar-refractivity contribution in [2.75, 3.05) is 6.54 Å². The Morgan fingerprint density at radius 2 is 2.42 bits per heavy atom. The van der Waals surface area contributed by atoms with Crippen LogP contribution in [0.2, 0.25) is 0 Å². The maximum absolute atomic E-state index is 10.4. The molecule has 0 radical (unpaired) electrons. The summed E-state index contributed by atoms with van der Waals surface area (Å²) in [5.41, 5.74) is 6.45. The van der Waals surface area contributed by atoms with Crippen molar-refractivity contribution in [2.24, 2.45) is 5.73 Å². The molecule has 0 saturated carbocycles. The van der Waals surface area contributed by atoms with Gasteiger partial charge in [0.1, 0.15) is 0 Å². The number of carbonyl (C=O) groups is 1. The SMILES string of the molecule is Cc1cc(C=O)sc1C=CCN. The van der Waals surface area contributed by atoms with Crippen molar-refractivity contribution in [3.05, 3.63) is 27.5 Å². The maximum atomic E-state index is 10.4. The third-order valence-corrected chi connectivity index (χ3v) is 2.62. The van der Waals surface area contributed by atoms with Crippen LogP contribution in [0.3, 0.4) is 0 Å². The van der Waals surface area contributed by atoms with E-state index >= 15 is 0 Å². The summed E-state index contributed by atoms with van der Waals surface area (Å²) < 4.78 is 0. The van der Waals surface area contributed by atoms with Gasteiger partial charge in [-0.2, -0.15) is 0 Å². The summed E-state index contributed by atoms with van der Waals surface area (Å²) in [4.78, 5) is 12.3. The third-order valence-electron chi connectivity index (χ3n) is 1.50. The number of rotatable bonds is 3. The lowest BCUT2D eigenvalue weighted by Gasteiger charge is -1.86. The van der Waals surface area contributed by atoms with E-state index in [1.54, 1.807) is 0 Å². The van der Waals surface area contributed by atoms with Gasteiger partial charge in [0.15, 0.2) is 6.29 Å². The first kappa shape index (κ1) is 9.16. The summed E-state index contributed by atoms with van der Waals surface area (Å²) in [5.74, 6) is 0. The van der Waals surface area contributed by atoms with E-state index in [9.17, 15) is 4.79 Å². The summed E-state index contributed by atoms with van der Waals surface area (Å²) in [6.07, 6.45) is 4.71. The van der Waals surface area contributed by atoms with Gasteiger partial charge in [0.25, 0.3) is 0 Å². The molecule has 1 rings (SSSR count). The average molecular weight is 181 g/mol. The highest BCUT2D eigenvalue weighted by Crippen LogP contribution is 2.21. The van der Waals surface area contributed by atoms with Crippen LogP contribution in [0.1, 0.15) is 20.1 Å². The fourth-order valence-electron chi connectivity index (χ4n) is 0.920. The molecule has 3 heteroatoms. The highest BCUT2D eigenvalue weighted by Gasteiger charge is 2.00. The molecule has 0 aliphatic carbocycles. The van der Waals surface area contributed by atoms with Gasteiger partial charge in [-0.1, -0.05) is 6.08 Å².